The molecule has 12 heterocycles. The zero-order chi connectivity index (χ0) is 88.9. The van der Waals surface area contributed by atoms with Crippen LogP contribution >= 0.6 is 0 Å². The third-order valence-electron chi connectivity index (χ3n) is 28.3. The number of para-hydroxylation sites is 20. The summed E-state index contributed by atoms with van der Waals surface area (Å²) in [6.07, 6.45) is 0. The fraction of sp³-hybridized carbons (Fsp3) is 0. The molecule has 0 aliphatic carbocycles. The lowest BCUT2D eigenvalue weighted by Gasteiger charge is -2.13. The summed E-state index contributed by atoms with van der Waals surface area (Å²) in [5, 5.41) is 24.7. The van der Waals surface area contributed by atoms with E-state index < -0.39 is 0 Å². The molecule has 0 aliphatic rings. The van der Waals surface area contributed by atoms with Crippen LogP contribution in [0.2, 0.25) is 0 Å². The molecule has 0 atom stereocenters. The Morgan fingerprint density at radius 3 is 0.831 bits per heavy atom. The largest absolute Gasteiger partial charge is 0.309 e. The highest BCUT2D eigenvalue weighted by Crippen LogP contribution is 2.48. The van der Waals surface area contributed by atoms with Gasteiger partial charge in [-0.3, -0.25) is 17.6 Å². The summed E-state index contributed by atoms with van der Waals surface area (Å²) in [6, 6.07) is 164. The van der Waals surface area contributed by atoms with Crippen molar-refractivity contribution in [3.63, 3.8) is 0 Å². The second kappa shape index (κ2) is 29.5. The van der Waals surface area contributed by atoms with E-state index in [2.05, 4.69) is 497 Å². The molecule has 136 heavy (non-hydrogen) atoms. The lowest BCUT2D eigenvalue weighted by Crippen LogP contribution is -1.97. The Kier molecular flexibility index (Phi) is 16.3. The summed E-state index contributed by atoms with van der Waals surface area (Å²) >= 11 is 0. The number of pyridine rings is 4. The molecule has 12 heteroatoms. The van der Waals surface area contributed by atoms with Gasteiger partial charge in [0, 0.05) is 109 Å². The number of imidazole rings is 4. The Morgan fingerprint density at radius 1 is 0.125 bits per heavy atom. The molecule has 20 aromatic carbocycles. The maximum atomic E-state index is 5.20. The number of fused-ring (bicyclic) bond motifs is 47. The third-order valence-corrected chi connectivity index (χ3v) is 28.3. The third kappa shape index (κ3) is 10.9. The van der Waals surface area contributed by atoms with Gasteiger partial charge in [0.15, 0.2) is 0 Å². The molecule has 32 aromatic rings. The number of hydrogen-bond acceptors (Lipinski definition) is 4. The number of hydrogen-bond donors (Lipinski definition) is 0. The molecule has 12 nitrogen and oxygen atoms in total. The van der Waals surface area contributed by atoms with Crippen LogP contribution in [0.3, 0.4) is 0 Å². The van der Waals surface area contributed by atoms with Crippen molar-refractivity contribution in [3.8, 4) is 22.7 Å². The molecule has 0 spiro atoms. The smallest absolute Gasteiger partial charge is 0.148 e. The normalized spacial score (nSPS) is 12.1. The molecular weight excluding hydrogens is 1660 g/mol. The van der Waals surface area contributed by atoms with Crippen molar-refractivity contribution in [3.05, 3.63) is 461 Å². The molecule has 12 aromatic heterocycles. The first-order chi connectivity index (χ1) is 67.6. The second-order valence-corrected chi connectivity index (χ2v) is 35.4. The monoisotopic (exact) mass is 1730 g/mol. The standard InChI is InChI=1S/4C31H19N3/c1-2-10-20(11-3-1)33-27-15-7-5-13-22(27)24-18-23-21-12-4-8-16-28(21)34-29-17-9-6-14-26(29)32-31(34)25(23)19-30(24)33;1-2-10-20(11-3-1)33-25-15-7-5-13-22(25)30-28(33)19-18-23-29(30)21-12-4-8-16-26(21)34-27-17-9-6-14-24(27)32-31(23)34;1-2-10-20(11-3-1)33-26-15-7-5-13-22(26)24-19-18-23-21-12-4-8-16-27(21)34-28-17-9-6-14-25(28)32-31(34)29(23)30(24)33;1-2-10-20(11-3-1)33-26-16-8-5-13-23(26)29-28(33)19-18-22-21-12-4-7-15-25(21)34-27-17-9-6-14-24(27)32-31(34)30(22)29/h4*1-19H. The molecule has 0 amide bonds. The van der Waals surface area contributed by atoms with E-state index in [9.17, 15) is 0 Å². The average molecular weight is 1730 g/mol. The summed E-state index contributed by atoms with van der Waals surface area (Å²) in [6.45, 7) is 0. The van der Waals surface area contributed by atoms with Crippen molar-refractivity contribution in [2.45, 2.75) is 0 Å². The maximum Gasteiger partial charge on any atom is 0.148 e. The van der Waals surface area contributed by atoms with Crippen molar-refractivity contribution >= 4 is 241 Å². The van der Waals surface area contributed by atoms with Crippen LogP contribution in [0.15, 0.2) is 461 Å². The quantitative estimate of drug-likeness (QED) is 0.164. The van der Waals surface area contributed by atoms with Crippen LogP contribution in [0, 0.1) is 0 Å². The van der Waals surface area contributed by atoms with E-state index in [1.54, 1.807) is 0 Å². The summed E-state index contributed by atoms with van der Waals surface area (Å²) in [7, 11) is 0. The van der Waals surface area contributed by atoms with Crippen molar-refractivity contribution < 1.29 is 0 Å². The molecular formula is C124H76N12. The van der Waals surface area contributed by atoms with Crippen molar-refractivity contribution in [1.82, 2.24) is 55.8 Å². The summed E-state index contributed by atoms with van der Waals surface area (Å²) in [4.78, 5) is 20.6. The van der Waals surface area contributed by atoms with Gasteiger partial charge >= 0.3 is 0 Å². The van der Waals surface area contributed by atoms with Crippen molar-refractivity contribution in [2.75, 3.05) is 0 Å². The Balaban J connectivity index is 0.0000000879. The number of rotatable bonds is 4. The SMILES string of the molecule is c1ccc(-n2c3ccccc3c3c4c(ccc32)c2ccccc2n2c3ccccc3nc42)cc1.c1ccc(-n2c3ccccc3c3c4c5ccccc5n5c6ccccc6nc5c4ccc32)cc1.c1ccc(-n2c3ccccc3c3cc4c5ccccc5n5c6ccccc6nc5c4cc32)cc1.c1ccc(-n2c3ccccc3c3ccc4c5ccccc5n5c6ccccc6nc5c4c32)cc1. The predicted molar refractivity (Wildman–Crippen MR) is 568 cm³/mol. The summed E-state index contributed by atoms with van der Waals surface area (Å²) in [5.74, 6) is 0. The van der Waals surface area contributed by atoms with E-state index in [4.69, 9.17) is 19.9 Å². The van der Waals surface area contributed by atoms with E-state index in [1.165, 1.54) is 191 Å². The highest BCUT2D eigenvalue weighted by atomic mass is 15.1. The van der Waals surface area contributed by atoms with Crippen molar-refractivity contribution in [2.24, 2.45) is 0 Å². The zero-order valence-corrected chi connectivity index (χ0v) is 73.2. The van der Waals surface area contributed by atoms with Crippen LogP contribution in [0.25, 0.3) is 263 Å². The lowest BCUT2D eigenvalue weighted by atomic mass is 10.00. The van der Waals surface area contributed by atoms with E-state index in [-0.39, 0.29) is 0 Å². The van der Waals surface area contributed by atoms with Gasteiger partial charge in [0.05, 0.1) is 116 Å². The highest BCUT2D eigenvalue weighted by molar-refractivity contribution is 6.33. The molecule has 0 fully saturated rings. The first-order valence-electron chi connectivity index (χ1n) is 46.4. The molecule has 0 saturated heterocycles. The topological polar surface area (TPSA) is 88.9 Å². The predicted octanol–water partition coefficient (Wildman–Crippen LogP) is 31.6. The van der Waals surface area contributed by atoms with E-state index in [0.29, 0.717) is 0 Å². The van der Waals surface area contributed by atoms with Gasteiger partial charge in [-0.25, -0.2) is 19.9 Å². The molecule has 632 valence electrons. The molecule has 0 bridgehead atoms. The number of benzene rings is 20. The molecule has 0 unspecified atom stereocenters. The molecule has 0 aliphatic heterocycles. The van der Waals surface area contributed by atoms with Gasteiger partial charge < -0.3 is 18.3 Å². The fourth-order valence-corrected chi connectivity index (χ4v) is 22.7. The minimum atomic E-state index is 1.00. The molecule has 0 radical (unpaired) electrons. The Hall–Kier alpha value is -18.5. The Labute approximate surface area is 775 Å². The minimum absolute atomic E-state index is 1.00. The molecule has 0 saturated carbocycles. The second-order valence-electron chi connectivity index (χ2n) is 35.4. The van der Waals surface area contributed by atoms with Crippen LogP contribution in [0.4, 0.5) is 0 Å². The van der Waals surface area contributed by atoms with E-state index in [1.807, 2.05) is 0 Å². The van der Waals surface area contributed by atoms with Crippen LogP contribution < -0.4 is 0 Å². The first kappa shape index (κ1) is 75.3. The van der Waals surface area contributed by atoms with E-state index >= 15 is 0 Å². The molecule has 32 rings (SSSR count). The van der Waals surface area contributed by atoms with Gasteiger partial charge in [-0.05, 0) is 192 Å². The number of aromatic nitrogens is 12. The van der Waals surface area contributed by atoms with Crippen LogP contribution in [-0.2, 0) is 0 Å². The minimum Gasteiger partial charge on any atom is -0.309 e. The van der Waals surface area contributed by atoms with Gasteiger partial charge in [0.2, 0.25) is 0 Å². The summed E-state index contributed by atoms with van der Waals surface area (Å²) < 4.78 is 18.8. The Bertz CT molecular complexity index is 10600. The van der Waals surface area contributed by atoms with Crippen LogP contribution in [0.1, 0.15) is 0 Å². The highest BCUT2D eigenvalue weighted by Gasteiger charge is 2.27. The van der Waals surface area contributed by atoms with Gasteiger partial charge in [-0.1, -0.05) is 285 Å². The van der Waals surface area contributed by atoms with Gasteiger partial charge in [-0.15, -0.1) is 0 Å². The molecule has 0 N–H and O–H groups in total. The zero-order valence-electron chi connectivity index (χ0n) is 73.2. The van der Waals surface area contributed by atoms with Gasteiger partial charge in [-0.2, -0.15) is 0 Å². The van der Waals surface area contributed by atoms with Gasteiger partial charge in [0.1, 0.15) is 22.6 Å². The van der Waals surface area contributed by atoms with Gasteiger partial charge in [0.25, 0.3) is 0 Å². The van der Waals surface area contributed by atoms with Crippen LogP contribution in [0.5, 0.6) is 0 Å². The average Bonchev–Trinajstić information content (AvgIpc) is 1.55. The van der Waals surface area contributed by atoms with E-state index in [0.717, 1.165) is 72.4 Å². The van der Waals surface area contributed by atoms with Crippen LogP contribution in [-0.4, -0.2) is 55.8 Å². The Morgan fingerprint density at radius 2 is 0.390 bits per heavy atom. The maximum absolute atomic E-state index is 5.20. The van der Waals surface area contributed by atoms with Crippen molar-refractivity contribution in [1.29, 1.82) is 0 Å². The fourth-order valence-electron chi connectivity index (χ4n) is 22.7. The lowest BCUT2D eigenvalue weighted by molar-refractivity contribution is 1.18. The number of nitrogens with zero attached hydrogens (tertiary/aromatic N) is 12. The summed E-state index contributed by atoms with van der Waals surface area (Å²) in [5.41, 5.74) is 31.7. The first-order valence-corrected chi connectivity index (χ1v) is 46.4.